The van der Waals surface area contributed by atoms with E-state index in [1.165, 1.54) is 42.5 Å². The van der Waals surface area contributed by atoms with Crippen LogP contribution in [0.25, 0.3) is 0 Å². The van der Waals surface area contributed by atoms with Gasteiger partial charge in [0, 0.05) is 17.7 Å². The standard InChI is InChI=1S/C19H19F2NO5/c1-2-26-16-9-14(7-8-15(16)27-11-17(23)24)19(25)22-10-12-3-5-13(6-4-12)18(20)21/h3-9,18H,2,10-11H2,1H3,(H,22,25)(H,23,24). The molecule has 0 radical (unpaired) electrons. The Bertz CT molecular complexity index is 793. The second-order valence-corrected chi connectivity index (χ2v) is 5.50. The van der Waals surface area contributed by atoms with Crippen LogP contribution in [0.2, 0.25) is 0 Å². The molecule has 1 amide bonds. The molecule has 6 nitrogen and oxygen atoms in total. The average molecular weight is 379 g/mol. The number of alkyl halides is 2. The zero-order chi connectivity index (χ0) is 19.8. The number of benzene rings is 2. The third-order valence-corrected chi connectivity index (χ3v) is 3.54. The number of carbonyl (C=O) groups is 2. The second kappa shape index (κ2) is 9.51. The Hall–Kier alpha value is -3.16. The zero-order valence-electron chi connectivity index (χ0n) is 14.6. The van der Waals surface area contributed by atoms with Gasteiger partial charge in [-0.1, -0.05) is 24.3 Å². The molecule has 0 bridgehead atoms. The molecular weight excluding hydrogens is 360 g/mol. The van der Waals surface area contributed by atoms with Gasteiger partial charge in [-0.05, 0) is 30.7 Å². The minimum atomic E-state index is -2.53. The summed E-state index contributed by atoms with van der Waals surface area (Å²) in [5.41, 5.74) is 0.896. The summed E-state index contributed by atoms with van der Waals surface area (Å²) in [5.74, 6) is -1.04. The van der Waals surface area contributed by atoms with E-state index in [9.17, 15) is 18.4 Å². The molecule has 0 atom stereocenters. The molecule has 0 fully saturated rings. The molecule has 0 saturated heterocycles. The molecule has 8 heteroatoms. The van der Waals surface area contributed by atoms with Gasteiger partial charge in [0.1, 0.15) is 0 Å². The molecule has 2 N–H and O–H groups in total. The van der Waals surface area contributed by atoms with Crippen molar-refractivity contribution in [2.24, 2.45) is 0 Å². The predicted octanol–water partition coefficient (Wildman–Crippen LogP) is 3.42. The summed E-state index contributed by atoms with van der Waals surface area (Å²) >= 11 is 0. The van der Waals surface area contributed by atoms with Crippen molar-refractivity contribution in [3.63, 3.8) is 0 Å². The van der Waals surface area contributed by atoms with Crippen molar-refractivity contribution in [1.29, 1.82) is 0 Å². The van der Waals surface area contributed by atoms with Gasteiger partial charge in [-0.2, -0.15) is 0 Å². The minimum Gasteiger partial charge on any atom is -0.490 e. The monoisotopic (exact) mass is 379 g/mol. The van der Waals surface area contributed by atoms with E-state index in [1.54, 1.807) is 6.92 Å². The molecule has 2 rings (SSSR count). The first-order valence-electron chi connectivity index (χ1n) is 8.17. The van der Waals surface area contributed by atoms with E-state index in [2.05, 4.69) is 5.32 Å². The molecule has 0 aliphatic heterocycles. The number of hydrogen-bond donors (Lipinski definition) is 2. The van der Waals surface area contributed by atoms with E-state index >= 15 is 0 Å². The summed E-state index contributed by atoms with van der Waals surface area (Å²) < 4.78 is 35.6. The van der Waals surface area contributed by atoms with Gasteiger partial charge in [-0.3, -0.25) is 4.79 Å². The number of aliphatic carboxylic acids is 1. The summed E-state index contributed by atoms with van der Waals surface area (Å²) in [6.45, 7) is 1.70. The second-order valence-electron chi connectivity index (χ2n) is 5.50. The lowest BCUT2D eigenvalue weighted by molar-refractivity contribution is -0.139. The average Bonchev–Trinajstić information content (AvgIpc) is 2.65. The van der Waals surface area contributed by atoms with Crippen LogP contribution in [0.3, 0.4) is 0 Å². The Balaban J connectivity index is 2.04. The summed E-state index contributed by atoms with van der Waals surface area (Å²) in [5, 5.41) is 11.4. The fourth-order valence-corrected chi connectivity index (χ4v) is 2.24. The minimum absolute atomic E-state index is 0.0802. The van der Waals surface area contributed by atoms with Crippen LogP contribution in [0.1, 0.15) is 34.8 Å². The van der Waals surface area contributed by atoms with Crippen molar-refractivity contribution in [3.05, 3.63) is 59.2 Å². The maximum Gasteiger partial charge on any atom is 0.341 e. The van der Waals surface area contributed by atoms with Crippen molar-refractivity contribution < 1.29 is 33.0 Å². The van der Waals surface area contributed by atoms with Gasteiger partial charge >= 0.3 is 5.97 Å². The fraction of sp³-hybridized carbons (Fsp3) is 0.263. The summed E-state index contributed by atoms with van der Waals surface area (Å²) in [7, 11) is 0. The van der Waals surface area contributed by atoms with Gasteiger partial charge in [0.15, 0.2) is 18.1 Å². The zero-order valence-corrected chi connectivity index (χ0v) is 14.6. The summed E-state index contributed by atoms with van der Waals surface area (Å²) in [6.07, 6.45) is -2.53. The van der Waals surface area contributed by atoms with Crippen LogP contribution in [0.15, 0.2) is 42.5 Å². The van der Waals surface area contributed by atoms with Crippen LogP contribution in [0.4, 0.5) is 8.78 Å². The smallest absolute Gasteiger partial charge is 0.341 e. The van der Waals surface area contributed by atoms with Gasteiger partial charge < -0.3 is 19.9 Å². The third-order valence-electron chi connectivity index (χ3n) is 3.54. The topological polar surface area (TPSA) is 84.9 Å². The van der Waals surface area contributed by atoms with Crippen LogP contribution in [-0.2, 0) is 11.3 Å². The Morgan fingerprint density at radius 3 is 2.37 bits per heavy atom. The van der Waals surface area contributed by atoms with Gasteiger partial charge in [-0.25, -0.2) is 13.6 Å². The fourth-order valence-electron chi connectivity index (χ4n) is 2.24. The number of nitrogens with one attached hydrogen (secondary N) is 1. The Morgan fingerprint density at radius 1 is 1.07 bits per heavy atom. The molecular formula is C19H19F2NO5. The lowest BCUT2D eigenvalue weighted by atomic mass is 10.1. The molecule has 0 aromatic heterocycles. The van der Waals surface area contributed by atoms with Crippen molar-refractivity contribution in [2.75, 3.05) is 13.2 Å². The maximum absolute atomic E-state index is 12.5. The van der Waals surface area contributed by atoms with Gasteiger partial charge in [0.2, 0.25) is 0 Å². The first-order valence-corrected chi connectivity index (χ1v) is 8.17. The molecule has 0 heterocycles. The van der Waals surface area contributed by atoms with Gasteiger partial charge in [0.25, 0.3) is 12.3 Å². The SMILES string of the molecule is CCOc1cc(C(=O)NCc2ccc(C(F)F)cc2)ccc1OCC(=O)O. The van der Waals surface area contributed by atoms with E-state index < -0.39 is 24.9 Å². The first kappa shape index (κ1) is 20.2. The van der Waals surface area contributed by atoms with E-state index in [0.29, 0.717) is 17.7 Å². The molecule has 0 saturated carbocycles. The molecule has 144 valence electrons. The lowest BCUT2D eigenvalue weighted by Gasteiger charge is -2.12. The molecule has 0 aliphatic carbocycles. The predicted molar refractivity (Wildman–Crippen MR) is 93.3 cm³/mol. The Kier molecular flexibility index (Phi) is 7.10. The largest absolute Gasteiger partial charge is 0.490 e. The van der Waals surface area contributed by atoms with E-state index in [0.717, 1.165) is 0 Å². The molecule has 0 aliphatic rings. The van der Waals surface area contributed by atoms with E-state index in [4.69, 9.17) is 14.6 Å². The highest BCUT2D eigenvalue weighted by atomic mass is 19.3. The van der Waals surface area contributed by atoms with Gasteiger partial charge in [0.05, 0.1) is 6.61 Å². The summed E-state index contributed by atoms with van der Waals surface area (Å²) in [4.78, 5) is 22.9. The summed E-state index contributed by atoms with van der Waals surface area (Å²) in [6, 6.07) is 10.1. The number of carbonyl (C=O) groups excluding carboxylic acids is 1. The number of carboxylic acids is 1. The van der Waals surface area contributed by atoms with E-state index in [1.807, 2.05) is 0 Å². The Morgan fingerprint density at radius 2 is 1.78 bits per heavy atom. The van der Waals surface area contributed by atoms with Crippen LogP contribution in [-0.4, -0.2) is 30.2 Å². The maximum atomic E-state index is 12.5. The number of amides is 1. The van der Waals surface area contributed by atoms with Crippen LogP contribution in [0.5, 0.6) is 11.5 Å². The highest BCUT2D eigenvalue weighted by molar-refractivity contribution is 5.94. The van der Waals surface area contributed by atoms with Crippen molar-refractivity contribution in [2.45, 2.75) is 19.9 Å². The van der Waals surface area contributed by atoms with Crippen molar-refractivity contribution >= 4 is 11.9 Å². The molecule has 2 aromatic carbocycles. The molecule has 0 unspecified atom stereocenters. The number of rotatable bonds is 9. The number of hydrogen-bond acceptors (Lipinski definition) is 4. The first-order chi connectivity index (χ1) is 12.9. The van der Waals surface area contributed by atoms with Crippen LogP contribution in [0, 0.1) is 0 Å². The molecule has 0 spiro atoms. The van der Waals surface area contributed by atoms with Crippen molar-refractivity contribution in [1.82, 2.24) is 5.32 Å². The molecule has 27 heavy (non-hydrogen) atoms. The third kappa shape index (κ3) is 5.95. The normalized spacial score (nSPS) is 10.5. The number of carboxylic acid groups (broad SMARTS) is 1. The van der Waals surface area contributed by atoms with Crippen molar-refractivity contribution in [3.8, 4) is 11.5 Å². The van der Waals surface area contributed by atoms with E-state index in [-0.39, 0.29) is 23.6 Å². The Labute approximate surface area is 154 Å². The van der Waals surface area contributed by atoms with Crippen LogP contribution < -0.4 is 14.8 Å². The number of ether oxygens (including phenoxy) is 2. The van der Waals surface area contributed by atoms with Crippen LogP contribution >= 0.6 is 0 Å². The highest BCUT2D eigenvalue weighted by Gasteiger charge is 2.13. The molecule has 2 aromatic rings. The number of halogens is 2. The quantitative estimate of drug-likeness (QED) is 0.697. The van der Waals surface area contributed by atoms with Gasteiger partial charge in [-0.15, -0.1) is 0 Å². The lowest BCUT2D eigenvalue weighted by Crippen LogP contribution is -2.23. The highest BCUT2D eigenvalue weighted by Crippen LogP contribution is 2.28.